The Morgan fingerprint density at radius 3 is 2.39 bits per heavy atom. The van der Waals surface area contributed by atoms with Gasteiger partial charge in [0.15, 0.2) is 0 Å². The number of hydrogen-bond donors (Lipinski definition) is 0. The summed E-state index contributed by atoms with van der Waals surface area (Å²) in [4.78, 5) is 4.60. The Bertz CT molecular complexity index is 740. The van der Waals surface area contributed by atoms with Gasteiger partial charge in [-0.15, -0.1) is 0 Å². The first-order valence-corrected chi connectivity index (χ1v) is 5.74. The van der Waals surface area contributed by atoms with Crippen molar-refractivity contribution in [3.05, 3.63) is 66.2 Å². The molecule has 2 heteroatoms. The van der Waals surface area contributed by atoms with Crippen LogP contribution in [0.5, 0.6) is 0 Å². The number of fused-ring (bicyclic) bond motifs is 1. The zero-order chi connectivity index (χ0) is 12.4. The van der Waals surface area contributed by atoms with E-state index in [0.717, 1.165) is 22.2 Å². The van der Waals surface area contributed by atoms with E-state index in [4.69, 9.17) is 0 Å². The molecule has 0 radical (unpaired) electrons. The Morgan fingerprint density at radius 1 is 0.889 bits per heavy atom. The minimum atomic E-state index is 0.666. The topological polar surface area (TPSA) is 36.7 Å². The zero-order valence-electron chi connectivity index (χ0n) is 9.67. The predicted octanol–water partition coefficient (Wildman–Crippen LogP) is 3.77. The Kier molecular flexibility index (Phi) is 2.51. The van der Waals surface area contributed by atoms with Crippen molar-refractivity contribution in [2.24, 2.45) is 0 Å². The van der Waals surface area contributed by atoms with Gasteiger partial charge in [0, 0.05) is 10.9 Å². The van der Waals surface area contributed by atoms with Gasteiger partial charge in [-0.3, -0.25) is 0 Å². The highest BCUT2D eigenvalue weighted by Crippen LogP contribution is 2.23. The summed E-state index contributed by atoms with van der Waals surface area (Å²) in [5.74, 6) is 0. The largest absolute Gasteiger partial charge is 0.248 e. The first-order valence-electron chi connectivity index (χ1n) is 5.74. The third-order valence-electron chi connectivity index (χ3n) is 2.91. The van der Waals surface area contributed by atoms with Crippen molar-refractivity contribution in [1.29, 1.82) is 5.26 Å². The van der Waals surface area contributed by atoms with E-state index in [1.165, 1.54) is 0 Å². The van der Waals surface area contributed by atoms with E-state index in [2.05, 4.69) is 11.1 Å². The molecule has 0 spiro atoms. The summed E-state index contributed by atoms with van der Waals surface area (Å²) in [5, 5.41) is 10.1. The van der Waals surface area contributed by atoms with Crippen LogP contribution in [-0.4, -0.2) is 4.98 Å². The molecule has 0 aliphatic carbocycles. The summed E-state index contributed by atoms with van der Waals surface area (Å²) < 4.78 is 0. The molecular formula is C16H10N2. The number of rotatable bonds is 1. The van der Waals surface area contributed by atoms with E-state index in [0.29, 0.717) is 5.56 Å². The van der Waals surface area contributed by atoms with Crippen LogP contribution in [0.15, 0.2) is 60.7 Å². The van der Waals surface area contributed by atoms with Gasteiger partial charge >= 0.3 is 0 Å². The van der Waals surface area contributed by atoms with Crippen LogP contribution < -0.4 is 0 Å². The fourth-order valence-electron chi connectivity index (χ4n) is 2.02. The standard InChI is InChI=1S/C16H10N2/c17-11-13-10-16(12-6-2-1-3-7-12)18-15-9-5-4-8-14(13)15/h1-10H. The molecule has 0 aliphatic heterocycles. The van der Waals surface area contributed by atoms with Gasteiger partial charge in [0.1, 0.15) is 0 Å². The van der Waals surface area contributed by atoms with Crippen LogP contribution >= 0.6 is 0 Å². The third-order valence-corrected chi connectivity index (χ3v) is 2.91. The lowest BCUT2D eigenvalue weighted by molar-refractivity contribution is 1.38. The summed E-state index contributed by atoms with van der Waals surface area (Å²) in [5.41, 5.74) is 3.39. The molecular weight excluding hydrogens is 220 g/mol. The molecule has 1 heterocycles. The molecule has 0 N–H and O–H groups in total. The van der Waals surface area contributed by atoms with Crippen LogP contribution in [0.3, 0.4) is 0 Å². The van der Waals surface area contributed by atoms with E-state index < -0.39 is 0 Å². The van der Waals surface area contributed by atoms with Gasteiger partial charge in [-0.1, -0.05) is 48.5 Å². The highest BCUT2D eigenvalue weighted by Gasteiger charge is 2.06. The van der Waals surface area contributed by atoms with Crippen LogP contribution in [0.1, 0.15) is 5.56 Å². The molecule has 0 fully saturated rings. The summed E-state index contributed by atoms with van der Waals surface area (Å²) in [6.45, 7) is 0. The lowest BCUT2D eigenvalue weighted by Gasteiger charge is -2.05. The Morgan fingerprint density at radius 2 is 1.61 bits per heavy atom. The van der Waals surface area contributed by atoms with E-state index in [-0.39, 0.29) is 0 Å². The van der Waals surface area contributed by atoms with Crippen molar-refractivity contribution in [2.45, 2.75) is 0 Å². The maximum atomic E-state index is 9.23. The van der Waals surface area contributed by atoms with Crippen molar-refractivity contribution in [3.63, 3.8) is 0 Å². The number of aromatic nitrogens is 1. The second kappa shape index (κ2) is 4.31. The molecule has 2 aromatic carbocycles. The van der Waals surface area contributed by atoms with Crippen molar-refractivity contribution in [1.82, 2.24) is 4.98 Å². The second-order valence-electron chi connectivity index (χ2n) is 4.05. The number of nitriles is 1. The SMILES string of the molecule is N#Cc1cc(-c2ccccc2)nc2ccccc12. The number of pyridine rings is 1. The molecule has 18 heavy (non-hydrogen) atoms. The Labute approximate surface area is 105 Å². The molecule has 3 rings (SSSR count). The summed E-state index contributed by atoms with van der Waals surface area (Å²) >= 11 is 0. The van der Waals surface area contributed by atoms with E-state index in [9.17, 15) is 5.26 Å². The molecule has 0 amide bonds. The molecule has 2 nitrogen and oxygen atoms in total. The minimum absolute atomic E-state index is 0.666. The average Bonchev–Trinajstić information content (AvgIpc) is 2.47. The van der Waals surface area contributed by atoms with Gasteiger partial charge in [-0.25, -0.2) is 4.98 Å². The van der Waals surface area contributed by atoms with Crippen LogP contribution in [0.4, 0.5) is 0 Å². The fraction of sp³-hybridized carbons (Fsp3) is 0. The van der Waals surface area contributed by atoms with Crippen LogP contribution in [0.25, 0.3) is 22.2 Å². The highest BCUT2D eigenvalue weighted by molar-refractivity contribution is 5.87. The summed E-state index contributed by atoms with van der Waals surface area (Å²) in [6, 6.07) is 21.7. The van der Waals surface area contributed by atoms with Gasteiger partial charge < -0.3 is 0 Å². The van der Waals surface area contributed by atoms with E-state index in [1.54, 1.807) is 0 Å². The van der Waals surface area contributed by atoms with Crippen LogP contribution in [0, 0.1) is 11.3 Å². The molecule has 84 valence electrons. The first-order chi connectivity index (χ1) is 8.88. The maximum absolute atomic E-state index is 9.23. The lowest BCUT2D eigenvalue weighted by atomic mass is 10.1. The van der Waals surface area contributed by atoms with Gasteiger partial charge in [-0.05, 0) is 12.1 Å². The van der Waals surface area contributed by atoms with Crippen molar-refractivity contribution < 1.29 is 0 Å². The quantitative estimate of drug-likeness (QED) is 0.638. The second-order valence-corrected chi connectivity index (χ2v) is 4.05. The van der Waals surface area contributed by atoms with Crippen LogP contribution in [0.2, 0.25) is 0 Å². The molecule has 0 bridgehead atoms. The normalized spacial score (nSPS) is 10.2. The fourth-order valence-corrected chi connectivity index (χ4v) is 2.02. The third kappa shape index (κ3) is 1.72. The molecule has 0 aliphatic rings. The summed E-state index contributed by atoms with van der Waals surface area (Å²) in [7, 11) is 0. The Hall–Kier alpha value is -2.66. The van der Waals surface area contributed by atoms with E-state index >= 15 is 0 Å². The number of nitrogens with zero attached hydrogens (tertiary/aromatic N) is 2. The number of hydrogen-bond acceptors (Lipinski definition) is 2. The molecule has 0 unspecified atom stereocenters. The zero-order valence-corrected chi connectivity index (χ0v) is 9.67. The molecule has 0 saturated carbocycles. The molecule has 1 aromatic heterocycles. The maximum Gasteiger partial charge on any atom is 0.0999 e. The highest BCUT2D eigenvalue weighted by atomic mass is 14.7. The number of para-hydroxylation sites is 1. The minimum Gasteiger partial charge on any atom is -0.248 e. The summed E-state index contributed by atoms with van der Waals surface area (Å²) in [6.07, 6.45) is 0. The lowest BCUT2D eigenvalue weighted by Crippen LogP contribution is -1.88. The van der Waals surface area contributed by atoms with Crippen molar-refractivity contribution in [3.8, 4) is 17.3 Å². The van der Waals surface area contributed by atoms with Gasteiger partial charge in [0.2, 0.25) is 0 Å². The average molecular weight is 230 g/mol. The van der Waals surface area contributed by atoms with Crippen molar-refractivity contribution in [2.75, 3.05) is 0 Å². The molecule has 0 saturated heterocycles. The van der Waals surface area contributed by atoms with Crippen molar-refractivity contribution >= 4 is 10.9 Å². The molecule has 0 atom stereocenters. The van der Waals surface area contributed by atoms with Gasteiger partial charge in [0.25, 0.3) is 0 Å². The predicted molar refractivity (Wildman–Crippen MR) is 71.9 cm³/mol. The van der Waals surface area contributed by atoms with Gasteiger partial charge in [0.05, 0.1) is 22.8 Å². The molecule has 3 aromatic rings. The van der Waals surface area contributed by atoms with Gasteiger partial charge in [-0.2, -0.15) is 5.26 Å². The monoisotopic (exact) mass is 230 g/mol. The first kappa shape index (κ1) is 10.5. The Balaban J connectivity index is 2.30. The van der Waals surface area contributed by atoms with E-state index in [1.807, 2.05) is 60.7 Å². The number of benzene rings is 2. The van der Waals surface area contributed by atoms with Crippen LogP contribution in [-0.2, 0) is 0 Å². The smallest absolute Gasteiger partial charge is 0.0999 e.